The van der Waals surface area contributed by atoms with Gasteiger partial charge in [-0.25, -0.2) is 4.39 Å². The number of halogens is 3. The molecule has 0 unspecified atom stereocenters. The average molecular weight is 304 g/mol. The first kappa shape index (κ1) is 13.8. The molecule has 1 nitrogen and oxygen atoms in total. The maximum absolute atomic E-state index is 14.0. The molecule has 18 heavy (non-hydrogen) atoms. The highest BCUT2D eigenvalue weighted by Crippen LogP contribution is 2.34. The van der Waals surface area contributed by atoms with Crippen LogP contribution in [0.15, 0.2) is 36.0 Å². The molecule has 0 radical (unpaired) electrons. The Balaban J connectivity index is 2.40. The molecule has 1 aromatic carbocycles. The minimum Gasteiger partial charge on any atom is -0.253 e. The first-order chi connectivity index (χ1) is 8.72. The highest BCUT2D eigenvalue weighted by atomic mass is 35.5. The fraction of sp³-hybridized carbons (Fsp3) is 0.308. The van der Waals surface area contributed by atoms with E-state index in [4.69, 9.17) is 23.2 Å². The van der Waals surface area contributed by atoms with Gasteiger partial charge in [-0.3, -0.25) is 4.98 Å². The summed E-state index contributed by atoms with van der Waals surface area (Å²) in [5.74, 6) is 0.285. The minimum atomic E-state index is -0.582. The van der Waals surface area contributed by atoms with Crippen molar-refractivity contribution in [3.05, 3.63) is 52.2 Å². The third-order valence-electron chi connectivity index (χ3n) is 2.95. The van der Waals surface area contributed by atoms with Crippen molar-refractivity contribution in [1.29, 1.82) is 0 Å². The lowest BCUT2D eigenvalue weighted by atomic mass is 9.80. The van der Waals surface area contributed by atoms with Crippen molar-refractivity contribution in [1.82, 2.24) is 4.98 Å². The van der Waals surface area contributed by atoms with Crippen LogP contribution >= 0.6 is 34.5 Å². The van der Waals surface area contributed by atoms with Crippen LogP contribution in [0.5, 0.6) is 0 Å². The average Bonchev–Trinajstić information content (AvgIpc) is 2.90. The zero-order chi connectivity index (χ0) is 13.0. The number of hydrogen-bond donors (Lipinski definition) is 0. The van der Waals surface area contributed by atoms with Crippen molar-refractivity contribution < 1.29 is 4.39 Å². The summed E-state index contributed by atoms with van der Waals surface area (Å²) in [4.78, 5) is 5.08. The van der Waals surface area contributed by atoms with Crippen molar-refractivity contribution in [3.8, 4) is 0 Å². The summed E-state index contributed by atoms with van der Waals surface area (Å²) >= 11 is 13.7. The summed E-state index contributed by atoms with van der Waals surface area (Å²) in [7, 11) is 0. The van der Waals surface area contributed by atoms with E-state index in [2.05, 4.69) is 4.98 Å². The molecule has 0 aliphatic rings. The van der Waals surface area contributed by atoms with E-state index in [1.54, 1.807) is 29.9 Å². The van der Waals surface area contributed by atoms with E-state index in [0.29, 0.717) is 12.0 Å². The minimum absolute atomic E-state index is 0.261. The molecule has 1 aromatic heterocycles. The van der Waals surface area contributed by atoms with E-state index in [1.807, 2.05) is 0 Å². The van der Waals surface area contributed by atoms with Gasteiger partial charge in [-0.2, -0.15) is 0 Å². The quantitative estimate of drug-likeness (QED) is 0.753. The van der Waals surface area contributed by atoms with Crippen molar-refractivity contribution >= 4 is 34.5 Å². The molecule has 0 saturated heterocycles. The van der Waals surface area contributed by atoms with Gasteiger partial charge in [-0.1, -0.05) is 18.2 Å². The molecule has 2 aromatic rings. The predicted molar refractivity (Wildman–Crippen MR) is 75.3 cm³/mol. The van der Waals surface area contributed by atoms with Crippen LogP contribution in [-0.4, -0.2) is 16.7 Å². The molecule has 0 saturated carbocycles. The number of rotatable bonds is 5. The third kappa shape index (κ3) is 2.68. The van der Waals surface area contributed by atoms with Crippen LogP contribution in [0.1, 0.15) is 10.4 Å². The Bertz CT molecular complexity index is 497. The van der Waals surface area contributed by atoms with Gasteiger partial charge in [0.05, 0.1) is 5.51 Å². The zero-order valence-corrected chi connectivity index (χ0v) is 11.9. The number of nitrogens with zero attached hydrogens (tertiary/aromatic N) is 1. The predicted octanol–water partition coefficient (Wildman–Crippen LogP) is 4.24. The van der Waals surface area contributed by atoms with Gasteiger partial charge in [0, 0.05) is 28.2 Å². The Morgan fingerprint density at radius 3 is 2.50 bits per heavy atom. The number of alkyl halides is 2. The topological polar surface area (TPSA) is 12.9 Å². The summed E-state index contributed by atoms with van der Waals surface area (Å²) in [6, 6.07) is 6.66. The Labute approximate surface area is 120 Å². The highest BCUT2D eigenvalue weighted by molar-refractivity contribution is 7.09. The lowest BCUT2D eigenvalue weighted by Gasteiger charge is -2.30. The Hall–Kier alpha value is -0.640. The molecule has 0 bridgehead atoms. The molecule has 0 aliphatic heterocycles. The van der Waals surface area contributed by atoms with E-state index < -0.39 is 5.41 Å². The summed E-state index contributed by atoms with van der Waals surface area (Å²) in [5.41, 5.74) is 1.74. The molecule has 1 heterocycles. The van der Waals surface area contributed by atoms with Gasteiger partial charge >= 0.3 is 0 Å². The van der Waals surface area contributed by atoms with Crippen molar-refractivity contribution in [3.63, 3.8) is 0 Å². The lowest BCUT2D eigenvalue weighted by molar-refractivity contribution is 0.493. The summed E-state index contributed by atoms with van der Waals surface area (Å²) < 4.78 is 14.0. The summed E-state index contributed by atoms with van der Waals surface area (Å²) in [6.45, 7) is 0. The van der Waals surface area contributed by atoms with Crippen LogP contribution in [0.2, 0.25) is 0 Å². The van der Waals surface area contributed by atoms with E-state index in [1.165, 1.54) is 17.4 Å². The second-order valence-electron chi connectivity index (χ2n) is 4.17. The standard InChI is InChI=1S/C13H12Cl2FNS/c14-7-13(8-15,5-10-6-17-9-18-10)11-3-1-2-4-12(11)16/h1-4,6,9H,5,7-8H2. The van der Waals surface area contributed by atoms with Gasteiger partial charge in [0.2, 0.25) is 0 Å². The van der Waals surface area contributed by atoms with E-state index in [0.717, 1.165) is 4.88 Å². The number of hydrogen-bond acceptors (Lipinski definition) is 2. The van der Waals surface area contributed by atoms with Gasteiger partial charge in [0.25, 0.3) is 0 Å². The number of benzene rings is 1. The Kier molecular flexibility index (Phi) is 4.60. The molecular formula is C13H12Cl2FNS. The maximum atomic E-state index is 14.0. The smallest absolute Gasteiger partial charge is 0.127 e. The highest BCUT2D eigenvalue weighted by Gasteiger charge is 2.33. The van der Waals surface area contributed by atoms with E-state index >= 15 is 0 Å². The normalized spacial score (nSPS) is 11.7. The van der Waals surface area contributed by atoms with Crippen LogP contribution < -0.4 is 0 Å². The fourth-order valence-electron chi connectivity index (χ4n) is 1.92. The molecule has 0 N–H and O–H groups in total. The number of aromatic nitrogens is 1. The largest absolute Gasteiger partial charge is 0.253 e. The lowest BCUT2D eigenvalue weighted by Crippen LogP contribution is -2.34. The molecule has 96 valence electrons. The Morgan fingerprint density at radius 2 is 1.94 bits per heavy atom. The molecule has 0 fully saturated rings. The Morgan fingerprint density at radius 1 is 1.22 bits per heavy atom. The molecule has 0 spiro atoms. The first-order valence-corrected chi connectivity index (χ1v) is 7.41. The van der Waals surface area contributed by atoms with Gasteiger partial charge in [-0.15, -0.1) is 34.5 Å². The molecule has 2 rings (SSSR count). The van der Waals surface area contributed by atoms with Crippen molar-refractivity contribution in [2.24, 2.45) is 0 Å². The molecule has 0 aliphatic carbocycles. The van der Waals surface area contributed by atoms with E-state index in [9.17, 15) is 4.39 Å². The zero-order valence-electron chi connectivity index (χ0n) is 9.57. The molecular weight excluding hydrogens is 292 g/mol. The van der Waals surface area contributed by atoms with Crippen LogP contribution in [0.3, 0.4) is 0 Å². The maximum Gasteiger partial charge on any atom is 0.127 e. The van der Waals surface area contributed by atoms with Gasteiger partial charge in [-0.05, 0) is 18.1 Å². The molecule has 0 amide bonds. The molecule has 0 atom stereocenters. The second-order valence-corrected chi connectivity index (χ2v) is 5.68. The second kappa shape index (κ2) is 6.00. The van der Waals surface area contributed by atoms with Gasteiger partial charge in [0.15, 0.2) is 0 Å². The van der Waals surface area contributed by atoms with E-state index in [-0.39, 0.29) is 17.6 Å². The summed E-state index contributed by atoms with van der Waals surface area (Å²) in [5, 5.41) is 0. The molecule has 5 heteroatoms. The van der Waals surface area contributed by atoms with Crippen molar-refractivity contribution in [2.75, 3.05) is 11.8 Å². The first-order valence-electron chi connectivity index (χ1n) is 5.46. The fourth-order valence-corrected chi connectivity index (χ4v) is 3.42. The summed E-state index contributed by atoms with van der Waals surface area (Å²) in [6.07, 6.45) is 2.38. The number of thiazole rings is 1. The van der Waals surface area contributed by atoms with Crippen LogP contribution in [0.25, 0.3) is 0 Å². The van der Waals surface area contributed by atoms with Crippen LogP contribution in [0, 0.1) is 5.82 Å². The monoisotopic (exact) mass is 303 g/mol. The van der Waals surface area contributed by atoms with Gasteiger partial charge < -0.3 is 0 Å². The SMILES string of the molecule is Fc1ccccc1C(CCl)(CCl)Cc1cncs1. The van der Waals surface area contributed by atoms with Crippen molar-refractivity contribution in [2.45, 2.75) is 11.8 Å². The third-order valence-corrected chi connectivity index (χ3v) is 4.76. The van der Waals surface area contributed by atoms with Crippen LogP contribution in [0.4, 0.5) is 4.39 Å². The van der Waals surface area contributed by atoms with Crippen LogP contribution in [-0.2, 0) is 11.8 Å². The van der Waals surface area contributed by atoms with Gasteiger partial charge in [0.1, 0.15) is 5.82 Å².